The van der Waals surface area contributed by atoms with Crippen molar-refractivity contribution in [3.63, 3.8) is 0 Å². The second kappa shape index (κ2) is 8.56. The molecule has 2 heterocycles. The second-order valence-corrected chi connectivity index (χ2v) is 9.03. The first-order valence-corrected chi connectivity index (χ1v) is 11.2. The lowest BCUT2D eigenvalue weighted by atomic mass is 10.1. The Kier molecular flexibility index (Phi) is 6.30. The zero-order valence-corrected chi connectivity index (χ0v) is 17.7. The van der Waals surface area contributed by atoms with E-state index in [9.17, 15) is 18.0 Å². The molecule has 1 amide bonds. The Morgan fingerprint density at radius 1 is 1.31 bits per heavy atom. The fraction of sp³-hybridized carbons (Fsp3) is 0.471. The number of rotatable bonds is 6. The molecule has 1 aliphatic heterocycles. The van der Waals surface area contributed by atoms with Gasteiger partial charge in [0.1, 0.15) is 6.54 Å². The molecule has 12 heteroatoms. The quantitative estimate of drug-likeness (QED) is 0.656. The Balaban J connectivity index is 1.66. The van der Waals surface area contributed by atoms with Gasteiger partial charge in [0.25, 0.3) is 0 Å². The largest absolute Gasteiger partial charge is 0.378 e. The summed E-state index contributed by atoms with van der Waals surface area (Å²) in [4.78, 5) is 26.5. The molecule has 0 unspecified atom stereocenters. The summed E-state index contributed by atoms with van der Waals surface area (Å²) >= 11 is 6.30. The van der Waals surface area contributed by atoms with Crippen LogP contribution in [0.3, 0.4) is 0 Å². The lowest BCUT2D eigenvalue weighted by molar-refractivity contribution is -0.122. The molecule has 29 heavy (non-hydrogen) atoms. The van der Waals surface area contributed by atoms with Crippen LogP contribution in [0.4, 0.5) is 5.69 Å². The highest BCUT2D eigenvalue weighted by Crippen LogP contribution is 2.27. The number of amides is 1. The summed E-state index contributed by atoms with van der Waals surface area (Å²) in [6.45, 7) is 2.58. The summed E-state index contributed by atoms with van der Waals surface area (Å²) in [5.41, 5.74) is 1.04. The summed E-state index contributed by atoms with van der Waals surface area (Å²) in [6, 6.07) is 5.49. The van der Waals surface area contributed by atoms with Crippen LogP contribution < -0.4 is 15.9 Å². The highest BCUT2D eigenvalue weighted by Gasteiger charge is 2.20. The van der Waals surface area contributed by atoms with Crippen molar-refractivity contribution in [2.45, 2.75) is 18.2 Å². The molecule has 0 aliphatic carbocycles. The SMILES string of the molecule is Cn1c(S(C)(=O)=O)nn(CC(=O)NCc2ccc(Cl)c(N3CCOCC3)c2)c1=O. The number of halogens is 1. The van der Waals surface area contributed by atoms with Crippen molar-refractivity contribution in [1.82, 2.24) is 19.7 Å². The average Bonchev–Trinajstić information content (AvgIpc) is 2.96. The van der Waals surface area contributed by atoms with E-state index in [2.05, 4.69) is 15.3 Å². The molecular weight excluding hydrogens is 422 g/mol. The minimum atomic E-state index is -3.67. The number of carbonyl (C=O) groups is 1. The normalized spacial score (nSPS) is 14.8. The van der Waals surface area contributed by atoms with Crippen LogP contribution in [-0.2, 0) is 39.5 Å². The molecule has 1 aromatic carbocycles. The van der Waals surface area contributed by atoms with E-state index in [4.69, 9.17) is 16.3 Å². The Morgan fingerprint density at radius 2 is 2.00 bits per heavy atom. The standard InChI is InChI=1S/C17H22ClN5O5S/c1-21-16(29(2,26)27)20-23(17(21)25)11-15(24)19-10-12-3-4-13(18)14(9-12)22-5-7-28-8-6-22/h3-4,9H,5-8,10-11H2,1-2H3,(H,19,24). The van der Waals surface area contributed by atoms with Crippen molar-refractivity contribution in [1.29, 1.82) is 0 Å². The lowest BCUT2D eigenvalue weighted by Gasteiger charge is -2.30. The van der Waals surface area contributed by atoms with Crippen LogP contribution in [0.2, 0.25) is 5.02 Å². The average molecular weight is 444 g/mol. The molecule has 3 rings (SSSR count). The monoisotopic (exact) mass is 443 g/mol. The van der Waals surface area contributed by atoms with E-state index in [1.54, 1.807) is 12.1 Å². The smallest absolute Gasteiger partial charge is 0.346 e. The molecule has 10 nitrogen and oxygen atoms in total. The molecule has 0 radical (unpaired) electrons. The summed E-state index contributed by atoms with van der Waals surface area (Å²) in [5.74, 6) is -0.465. The van der Waals surface area contributed by atoms with E-state index < -0.39 is 21.4 Å². The Labute approximate surface area is 172 Å². The molecule has 1 saturated heterocycles. The zero-order chi connectivity index (χ0) is 21.2. The van der Waals surface area contributed by atoms with E-state index in [1.807, 2.05) is 6.07 Å². The van der Waals surface area contributed by atoms with Gasteiger partial charge < -0.3 is 15.0 Å². The van der Waals surface area contributed by atoms with E-state index in [-0.39, 0.29) is 18.2 Å². The van der Waals surface area contributed by atoms with Crippen LogP contribution in [0.1, 0.15) is 5.56 Å². The number of aromatic nitrogens is 3. The predicted octanol–water partition coefficient (Wildman–Crippen LogP) is -0.208. The van der Waals surface area contributed by atoms with Crippen LogP contribution >= 0.6 is 11.6 Å². The number of morpholine rings is 1. The molecule has 0 spiro atoms. The Hall–Kier alpha value is -2.37. The number of nitrogens with zero attached hydrogens (tertiary/aromatic N) is 4. The Morgan fingerprint density at radius 3 is 2.62 bits per heavy atom. The molecule has 1 fully saturated rings. The van der Waals surface area contributed by atoms with Gasteiger partial charge in [0.05, 0.1) is 23.9 Å². The number of hydrogen-bond donors (Lipinski definition) is 1. The van der Waals surface area contributed by atoms with E-state index in [0.29, 0.717) is 18.2 Å². The molecule has 0 bridgehead atoms. The summed E-state index contributed by atoms with van der Waals surface area (Å²) < 4.78 is 30.4. The topological polar surface area (TPSA) is 116 Å². The molecule has 0 saturated carbocycles. The summed E-state index contributed by atoms with van der Waals surface area (Å²) in [5, 5.41) is 6.69. The third-order valence-electron chi connectivity index (χ3n) is 4.48. The van der Waals surface area contributed by atoms with Gasteiger partial charge in [-0.25, -0.2) is 17.9 Å². The lowest BCUT2D eigenvalue weighted by Crippen LogP contribution is -2.36. The number of anilines is 1. The van der Waals surface area contributed by atoms with E-state index in [0.717, 1.165) is 39.8 Å². The number of sulfone groups is 1. The van der Waals surface area contributed by atoms with Crippen molar-refractivity contribution >= 4 is 33.0 Å². The van der Waals surface area contributed by atoms with Crippen molar-refractivity contribution in [3.8, 4) is 0 Å². The zero-order valence-electron chi connectivity index (χ0n) is 16.1. The Bertz CT molecular complexity index is 1070. The fourth-order valence-corrected chi connectivity index (χ4v) is 4.06. The minimum absolute atomic E-state index is 0.230. The summed E-state index contributed by atoms with van der Waals surface area (Å²) in [7, 11) is -2.38. The molecule has 2 aromatic rings. The summed E-state index contributed by atoms with van der Waals surface area (Å²) in [6.07, 6.45) is 0.950. The third kappa shape index (κ3) is 4.98. The maximum atomic E-state index is 12.2. The number of carbonyl (C=O) groups excluding carboxylic acids is 1. The van der Waals surface area contributed by atoms with Crippen LogP contribution in [0.25, 0.3) is 0 Å². The van der Waals surface area contributed by atoms with Crippen LogP contribution in [0.5, 0.6) is 0 Å². The first-order valence-electron chi connectivity index (χ1n) is 8.88. The van der Waals surface area contributed by atoms with Crippen molar-refractivity contribution < 1.29 is 17.9 Å². The van der Waals surface area contributed by atoms with E-state index >= 15 is 0 Å². The first kappa shape index (κ1) is 21.3. The molecule has 1 aromatic heterocycles. The second-order valence-electron chi connectivity index (χ2n) is 6.72. The van der Waals surface area contributed by atoms with Crippen LogP contribution in [0.15, 0.2) is 28.2 Å². The van der Waals surface area contributed by atoms with Gasteiger partial charge in [0.2, 0.25) is 20.9 Å². The predicted molar refractivity (Wildman–Crippen MR) is 107 cm³/mol. The third-order valence-corrected chi connectivity index (χ3v) is 5.82. The minimum Gasteiger partial charge on any atom is -0.378 e. The molecular formula is C17H22ClN5O5S. The van der Waals surface area contributed by atoms with Gasteiger partial charge in [-0.05, 0) is 17.7 Å². The van der Waals surface area contributed by atoms with Gasteiger partial charge in [-0.15, -0.1) is 5.10 Å². The molecule has 158 valence electrons. The van der Waals surface area contributed by atoms with Gasteiger partial charge in [-0.2, -0.15) is 0 Å². The van der Waals surface area contributed by atoms with Gasteiger partial charge in [0, 0.05) is 32.9 Å². The van der Waals surface area contributed by atoms with Gasteiger partial charge in [-0.1, -0.05) is 17.7 Å². The molecule has 1 aliphatic rings. The maximum absolute atomic E-state index is 12.2. The highest BCUT2D eigenvalue weighted by atomic mass is 35.5. The van der Waals surface area contributed by atoms with E-state index in [1.165, 1.54) is 7.05 Å². The maximum Gasteiger partial charge on any atom is 0.346 e. The van der Waals surface area contributed by atoms with Gasteiger partial charge in [-0.3, -0.25) is 9.36 Å². The first-order chi connectivity index (χ1) is 13.7. The van der Waals surface area contributed by atoms with Crippen LogP contribution in [-0.4, -0.2) is 61.2 Å². The van der Waals surface area contributed by atoms with Crippen molar-refractivity contribution in [3.05, 3.63) is 39.3 Å². The van der Waals surface area contributed by atoms with Crippen molar-refractivity contribution in [2.75, 3.05) is 37.5 Å². The van der Waals surface area contributed by atoms with Gasteiger partial charge in [0.15, 0.2) is 0 Å². The molecule has 1 N–H and O–H groups in total. The number of nitrogens with one attached hydrogen (secondary N) is 1. The number of benzene rings is 1. The highest BCUT2D eigenvalue weighted by molar-refractivity contribution is 7.90. The molecule has 0 atom stereocenters. The van der Waals surface area contributed by atoms with Crippen LogP contribution in [0, 0.1) is 0 Å². The number of ether oxygens (including phenoxy) is 1. The fourth-order valence-electron chi connectivity index (χ4n) is 3.00. The number of hydrogen-bond acceptors (Lipinski definition) is 7. The van der Waals surface area contributed by atoms with Gasteiger partial charge >= 0.3 is 5.69 Å². The van der Waals surface area contributed by atoms with Crippen molar-refractivity contribution in [2.24, 2.45) is 7.05 Å².